The molecule has 0 aliphatic carbocycles. The number of imidazole rings is 1. The number of fused-ring (bicyclic) bond motifs is 1. The summed E-state index contributed by atoms with van der Waals surface area (Å²) in [6.45, 7) is 3.21. The molecule has 10 nitrogen and oxygen atoms in total. The number of likely N-dealkylation sites (tertiary alicyclic amines) is 1. The van der Waals surface area contributed by atoms with Crippen LogP contribution < -0.4 is 4.72 Å². The largest absolute Gasteiger partial charge is 0.345 e. The van der Waals surface area contributed by atoms with Gasteiger partial charge in [-0.05, 0) is 48.9 Å². The van der Waals surface area contributed by atoms with Gasteiger partial charge in [0.05, 0.1) is 22.3 Å². The van der Waals surface area contributed by atoms with Crippen LogP contribution in [0.25, 0.3) is 11.0 Å². The fourth-order valence-electron chi connectivity index (χ4n) is 4.06. The van der Waals surface area contributed by atoms with Crippen molar-refractivity contribution in [3.8, 4) is 0 Å². The van der Waals surface area contributed by atoms with E-state index in [1.807, 2.05) is 6.07 Å². The highest BCUT2D eigenvalue weighted by Gasteiger charge is 2.33. The number of nitrogens with one attached hydrogen (secondary N) is 2. The van der Waals surface area contributed by atoms with Crippen LogP contribution in [-0.2, 0) is 21.2 Å². The Balaban J connectivity index is 1.65. The van der Waals surface area contributed by atoms with E-state index < -0.39 is 31.6 Å². The van der Waals surface area contributed by atoms with Gasteiger partial charge in [0.2, 0.25) is 15.9 Å². The van der Waals surface area contributed by atoms with Crippen LogP contribution in [0.15, 0.2) is 53.7 Å². The molecule has 33 heavy (non-hydrogen) atoms. The number of aromatic nitrogens is 2. The maximum absolute atomic E-state index is 13.4. The number of benzene rings is 2. The van der Waals surface area contributed by atoms with Crippen LogP contribution in [0, 0.1) is 16.0 Å². The summed E-state index contributed by atoms with van der Waals surface area (Å²) in [7, 11) is -4.34. The lowest BCUT2D eigenvalue weighted by Gasteiger charge is -2.33. The number of para-hydroxylation sites is 1. The zero-order valence-electron chi connectivity index (χ0n) is 18.1. The van der Waals surface area contributed by atoms with E-state index in [1.165, 1.54) is 18.2 Å². The topological polar surface area (TPSA) is 138 Å². The van der Waals surface area contributed by atoms with Gasteiger partial charge in [-0.25, -0.2) is 13.4 Å². The molecule has 174 valence electrons. The number of sulfonamides is 1. The second kappa shape index (κ2) is 9.28. The minimum absolute atomic E-state index is 0.0969. The highest BCUT2D eigenvalue weighted by molar-refractivity contribution is 7.89. The summed E-state index contributed by atoms with van der Waals surface area (Å²) in [6, 6.07) is 9.40. The molecule has 1 aliphatic rings. The van der Waals surface area contributed by atoms with Gasteiger partial charge in [0.15, 0.2) is 4.90 Å². The first-order valence-corrected chi connectivity index (χ1v) is 12.2. The third kappa shape index (κ3) is 5.04. The number of nitrogens with zero attached hydrogens (tertiary/aromatic N) is 3. The number of hydrogen-bond acceptors (Lipinski definition) is 6. The average molecular weight is 472 g/mol. The molecule has 1 saturated heterocycles. The number of nitro benzene ring substituents is 1. The molecule has 1 unspecified atom stereocenters. The number of hydrogen-bond donors (Lipinski definition) is 2. The van der Waals surface area contributed by atoms with E-state index in [-0.39, 0.29) is 12.3 Å². The summed E-state index contributed by atoms with van der Waals surface area (Å²) < 4.78 is 28.8. The van der Waals surface area contributed by atoms with E-state index in [0.29, 0.717) is 19.0 Å². The van der Waals surface area contributed by atoms with Crippen molar-refractivity contribution >= 4 is 32.7 Å². The maximum atomic E-state index is 13.4. The number of carbonyl (C=O) groups excluding carboxylic acids is 1. The van der Waals surface area contributed by atoms with Crippen LogP contribution in [0.5, 0.6) is 0 Å². The van der Waals surface area contributed by atoms with E-state index in [1.54, 1.807) is 23.4 Å². The molecule has 0 saturated carbocycles. The van der Waals surface area contributed by atoms with Gasteiger partial charge in [-0.1, -0.05) is 25.1 Å². The second-order valence-electron chi connectivity index (χ2n) is 8.36. The molecule has 0 spiro atoms. The zero-order valence-corrected chi connectivity index (χ0v) is 18.9. The Kier molecular flexibility index (Phi) is 6.43. The third-order valence-corrected chi connectivity index (χ3v) is 7.49. The lowest BCUT2D eigenvalue weighted by atomic mass is 9.98. The van der Waals surface area contributed by atoms with Crippen molar-refractivity contribution < 1.29 is 18.1 Å². The van der Waals surface area contributed by atoms with Gasteiger partial charge in [0, 0.05) is 19.2 Å². The van der Waals surface area contributed by atoms with Gasteiger partial charge in [0.25, 0.3) is 5.69 Å². The van der Waals surface area contributed by atoms with Crippen LogP contribution in [0.3, 0.4) is 0 Å². The lowest BCUT2D eigenvalue weighted by Crippen LogP contribution is -2.51. The van der Waals surface area contributed by atoms with Crippen molar-refractivity contribution in [2.45, 2.75) is 37.1 Å². The number of H-pyrrole nitrogens is 1. The van der Waals surface area contributed by atoms with E-state index in [9.17, 15) is 23.3 Å². The van der Waals surface area contributed by atoms with Crippen molar-refractivity contribution in [2.24, 2.45) is 5.92 Å². The first-order chi connectivity index (χ1) is 15.7. The standard InChI is InChI=1S/C22H25N5O5S/c1-15-8-10-26(11-9-15)22(28)19(13-16-6-7-17-18(12-16)24-14-23-17)25-33(31,32)21-5-3-2-4-20(21)27(29)30/h2-7,12,14-15,19,25H,8-11,13H2,1H3,(H,23,24). The van der Waals surface area contributed by atoms with Gasteiger partial charge in [-0.3, -0.25) is 14.9 Å². The molecule has 2 aromatic carbocycles. The Morgan fingerprint density at radius 2 is 2.00 bits per heavy atom. The predicted octanol–water partition coefficient (Wildman–Crippen LogP) is 2.62. The van der Waals surface area contributed by atoms with Gasteiger partial charge in [-0.15, -0.1) is 0 Å². The monoisotopic (exact) mass is 471 g/mol. The fourth-order valence-corrected chi connectivity index (χ4v) is 5.42. The second-order valence-corrected chi connectivity index (χ2v) is 10.0. The first kappa shape index (κ1) is 22.9. The van der Waals surface area contributed by atoms with Crippen LogP contribution >= 0.6 is 0 Å². The summed E-state index contributed by atoms with van der Waals surface area (Å²) in [5, 5.41) is 11.4. The van der Waals surface area contributed by atoms with Crippen LogP contribution in [0.2, 0.25) is 0 Å². The van der Waals surface area contributed by atoms with Crippen LogP contribution in [-0.4, -0.2) is 53.2 Å². The molecule has 0 bridgehead atoms. The normalized spacial score (nSPS) is 16.1. The fraction of sp³-hybridized carbons (Fsp3) is 0.364. The van der Waals surface area contributed by atoms with Gasteiger partial charge in [-0.2, -0.15) is 4.72 Å². The van der Waals surface area contributed by atoms with Gasteiger partial charge in [0.1, 0.15) is 6.04 Å². The molecular formula is C22H25N5O5S. The predicted molar refractivity (Wildman–Crippen MR) is 122 cm³/mol. The maximum Gasteiger partial charge on any atom is 0.289 e. The van der Waals surface area contributed by atoms with Gasteiger partial charge < -0.3 is 9.88 Å². The molecule has 1 atom stereocenters. The van der Waals surface area contributed by atoms with E-state index in [0.717, 1.165) is 35.5 Å². The Hall–Kier alpha value is -3.31. The Labute approximate surface area is 191 Å². The summed E-state index contributed by atoms with van der Waals surface area (Å²) in [5.74, 6) is 0.160. The minimum Gasteiger partial charge on any atom is -0.345 e. The molecule has 11 heteroatoms. The molecule has 2 heterocycles. The summed E-state index contributed by atoms with van der Waals surface area (Å²) in [4.78, 5) is 32.4. The number of carbonyl (C=O) groups is 1. The smallest absolute Gasteiger partial charge is 0.289 e. The molecule has 2 N–H and O–H groups in total. The van der Waals surface area contributed by atoms with E-state index in [2.05, 4.69) is 21.6 Å². The number of aromatic amines is 1. The highest BCUT2D eigenvalue weighted by Crippen LogP contribution is 2.24. The Morgan fingerprint density at radius 3 is 2.73 bits per heavy atom. The molecular weight excluding hydrogens is 446 g/mol. The minimum atomic E-state index is -4.34. The van der Waals surface area contributed by atoms with E-state index >= 15 is 0 Å². The van der Waals surface area contributed by atoms with Crippen molar-refractivity contribution in [3.05, 3.63) is 64.5 Å². The summed E-state index contributed by atoms with van der Waals surface area (Å²) in [6.07, 6.45) is 3.34. The average Bonchev–Trinajstić information content (AvgIpc) is 3.26. The zero-order chi connectivity index (χ0) is 23.6. The first-order valence-electron chi connectivity index (χ1n) is 10.7. The summed E-state index contributed by atoms with van der Waals surface area (Å²) >= 11 is 0. The molecule has 1 amide bonds. The number of piperidine rings is 1. The van der Waals surface area contributed by atoms with Gasteiger partial charge >= 0.3 is 0 Å². The Morgan fingerprint density at radius 1 is 1.27 bits per heavy atom. The number of nitro groups is 1. The van der Waals surface area contributed by atoms with E-state index in [4.69, 9.17) is 0 Å². The van der Waals surface area contributed by atoms with Crippen molar-refractivity contribution in [1.29, 1.82) is 0 Å². The molecule has 0 radical (unpaired) electrons. The molecule has 4 rings (SSSR count). The van der Waals surface area contributed by atoms with Crippen molar-refractivity contribution in [1.82, 2.24) is 19.6 Å². The third-order valence-electron chi connectivity index (χ3n) is 5.97. The summed E-state index contributed by atoms with van der Waals surface area (Å²) in [5.41, 5.74) is 1.72. The Bertz CT molecular complexity index is 1280. The molecule has 1 aliphatic heterocycles. The number of amides is 1. The quantitative estimate of drug-likeness (QED) is 0.401. The molecule has 1 aromatic heterocycles. The highest BCUT2D eigenvalue weighted by atomic mass is 32.2. The SMILES string of the molecule is CC1CCN(C(=O)C(Cc2ccc3nc[nH]c3c2)NS(=O)(=O)c2ccccc2[N+](=O)[O-])CC1. The van der Waals surface area contributed by atoms with Crippen molar-refractivity contribution in [3.63, 3.8) is 0 Å². The molecule has 3 aromatic rings. The van der Waals surface area contributed by atoms with Crippen molar-refractivity contribution in [2.75, 3.05) is 13.1 Å². The van der Waals surface area contributed by atoms with Crippen LogP contribution in [0.4, 0.5) is 5.69 Å². The molecule has 1 fully saturated rings. The number of rotatable bonds is 7. The van der Waals surface area contributed by atoms with Crippen LogP contribution in [0.1, 0.15) is 25.3 Å². The lowest BCUT2D eigenvalue weighted by molar-refractivity contribution is -0.387.